The first-order valence-corrected chi connectivity index (χ1v) is 18.3. The van der Waals surface area contributed by atoms with Crippen LogP contribution < -0.4 is 9.47 Å². The maximum atomic E-state index is 15.0. The monoisotopic (exact) mass is 698 g/mol. The number of benzene rings is 5. The molecule has 5 aromatic carbocycles. The summed E-state index contributed by atoms with van der Waals surface area (Å²) in [5.74, 6) is -0.685. The fourth-order valence-electron chi connectivity index (χ4n) is 7.76. The van der Waals surface area contributed by atoms with Crippen LogP contribution in [0.5, 0.6) is 11.5 Å². The van der Waals surface area contributed by atoms with Crippen molar-refractivity contribution in [2.45, 2.75) is 76.9 Å². The van der Waals surface area contributed by atoms with Crippen molar-refractivity contribution in [3.8, 4) is 33.8 Å². The Kier molecular flexibility index (Phi) is 8.66. The average Bonchev–Trinajstić information content (AvgIpc) is 3.61. The van der Waals surface area contributed by atoms with Gasteiger partial charge in [-0.1, -0.05) is 87.6 Å². The molecule has 1 aromatic heterocycles. The van der Waals surface area contributed by atoms with Gasteiger partial charge in [0, 0.05) is 11.1 Å². The predicted molar refractivity (Wildman–Crippen MR) is 192 cm³/mol. The second kappa shape index (κ2) is 13.1. The number of aromatic nitrogens is 2. The van der Waals surface area contributed by atoms with Crippen LogP contribution >= 0.6 is 11.7 Å². The highest BCUT2D eigenvalue weighted by atomic mass is 32.1. The Morgan fingerprint density at radius 2 is 0.980 bits per heavy atom. The maximum absolute atomic E-state index is 15.0. The molecule has 258 valence electrons. The summed E-state index contributed by atoms with van der Waals surface area (Å²) in [6.07, 6.45) is -0.211. The van der Waals surface area contributed by atoms with Crippen LogP contribution in [-0.4, -0.2) is 21.0 Å². The van der Waals surface area contributed by atoms with E-state index in [1.165, 1.54) is 0 Å². The molecule has 4 nitrogen and oxygen atoms in total. The molecule has 6 aromatic rings. The van der Waals surface area contributed by atoms with Crippen LogP contribution in [0.15, 0.2) is 84.9 Å². The zero-order valence-electron chi connectivity index (χ0n) is 27.8. The van der Waals surface area contributed by atoms with Crippen LogP contribution in [0.2, 0.25) is 0 Å². The van der Waals surface area contributed by atoms with Crippen LogP contribution in [0.25, 0.3) is 54.8 Å². The van der Waals surface area contributed by atoms with Crippen LogP contribution in [0.4, 0.5) is 17.6 Å². The zero-order chi connectivity index (χ0) is 34.5. The van der Waals surface area contributed by atoms with Gasteiger partial charge in [0.1, 0.15) is 22.5 Å². The van der Waals surface area contributed by atoms with Crippen molar-refractivity contribution in [2.75, 3.05) is 0 Å². The Morgan fingerprint density at radius 3 is 1.48 bits per heavy atom. The first-order valence-electron chi connectivity index (χ1n) is 17.6. The number of halogens is 4. The Bertz CT molecular complexity index is 2170. The molecule has 0 bridgehead atoms. The summed E-state index contributed by atoms with van der Waals surface area (Å²) in [4.78, 5) is 0. The van der Waals surface area contributed by atoms with E-state index in [2.05, 4.69) is 15.7 Å². The lowest BCUT2D eigenvalue weighted by molar-refractivity contribution is -0.223. The van der Waals surface area contributed by atoms with E-state index < -0.39 is 24.1 Å². The highest BCUT2D eigenvalue weighted by Crippen LogP contribution is 2.42. The van der Waals surface area contributed by atoms with Gasteiger partial charge in [-0.25, -0.2) is 0 Å². The Labute approximate surface area is 292 Å². The van der Waals surface area contributed by atoms with E-state index in [0.717, 1.165) is 98.7 Å². The molecule has 8 rings (SSSR count). The summed E-state index contributed by atoms with van der Waals surface area (Å²) in [6, 6.07) is 26.1. The highest BCUT2D eigenvalue weighted by molar-refractivity contribution is 7.00. The van der Waals surface area contributed by atoms with Crippen LogP contribution in [0.3, 0.4) is 0 Å². The molecule has 0 aliphatic heterocycles. The van der Waals surface area contributed by atoms with Gasteiger partial charge in [-0.15, -0.1) is 0 Å². The van der Waals surface area contributed by atoms with E-state index in [-0.39, 0.29) is 11.5 Å². The van der Waals surface area contributed by atoms with E-state index in [1.54, 1.807) is 24.3 Å². The van der Waals surface area contributed by atoms with Gasteiger partial charge in [0.15, 0.2) is 0 Å². The molecule has 9 heteroatoms. The fourth-order valence-corrected chi connectivity index (χ4v) is 8.33. The number of ether oxygens (including phenoxy) is 2. The topological polar surface area (TPSA) is 44.2 Å². The van der Waals surface area contributed by atoms with Crippen molar-refractivity contribution < 1.29 is 27.0 Å². The quantitative estimate of drug-likeness (QED) is 0.148. The van der Waals surface area contributed by atoms with Crippen LogP contribution in [0, 0.1) is 17.8 Å². The molecule has 0 amide bonds. The molecule has 2 fully saturated rings. The Hall–Kier alpha value is -4.24. The summed E-state index contributed by atoms with van der Waals surface area (Å²) >= 11 is 1.14. The second-order valence-corrected chi connectivity index (χ2v) is 14.7. The molecular weight excluding hydrogens is 661 g/mol. The molecule has 2 aliphatic carbocycles. The molecule has 0 N–H and O–H groups in total. The van der Waals surface area contributed by atoms with Crippen molar-refractivity contribution >= 4 is 44.3 Å². The van der Waals surface area contributed by atoms with Crippen molar-refractivity contribution in [1.82, 2.24) is 8.75 Å². The van der Waals surface area contributed by atoms with Gasteiger partial charge in [0.2, 0.25) is 0 Å². The molecule has 2 aliphatic rings. The minimum absolute atomic E-state index is 0.167. The lowest BCUT2D eigenvalue weighted by Crippen LogP contribution is -2.36. The maximum Gasteiger partial charge on any atom is 0.400 e. The molecule has 0 atom stereocenters. The van der Waals surface area contributed by atoms with E-state index >= 15 is 8.78 Å². The highest BCUT2D eigenvalue weighted by Gasteiger charge is 2.44. The second-order valence-electron chi connectivity index (χ2n) is 14.2. The first-order chi connectivity index (χ1) is 24.1. The lowest BCUT2D eigenvalue weighted by atomic mass is 9.82. The van der Waals surface area contributed by atoms with E-state index in [0.29, 0.717) is 31.6 Å². The van der Waals surface area contributed by atoms with E-state index in [1.807, 2.05) is 60.7 Å². The molecular formula is C41H38F4N2O2S. The number of fused-ring (bicyclic) bond motifs is 3. The summed E-state index contributed by atoms with van der Waals surface area (Å²) in [6.45, 7) is 2.11. The van der Waals surface area contributed by atoms with Gasteiger partial charge in [-0.2, -0.15) is 26.3 Å². The number of hydrogen-bond donors (Lipinski definition) is 0. The van der Waals surface area contributed by atoms with Crippen molar-refractivity contribution in [1.29, 1.82) is 0 Å². The van der Waals surface area contributed by atoms with Gasteiger partial charge in [-0.05, 0) is 101 Å². The average molecular weight is 699 g/mol. The van der Waals surface area contributed by atoms with E-state index in [9.17, 15) is 8.78 Å². The summed E-state index contributed by atoms with van der Waals surface area (Å²) in [5.41, 5.74) is 5.24. The molecule has 0 saturated heterocycles. The summed E-state index contributed by atoms with van der Waals surface area (Å²) in [5, 5.41) is 3.43. The van der Waals surface area contributed by atoms with Crippen molar-refractivity contribution in [3.63, 3.8) is 0 Å². The summed E-state index contributed by atoms with van der Waals surface area (Å²) in [7, 11) is 0. The third-order valence-corrected chi connectivity index (χ3v) is 11.3. The normalized spacial score (nSPS) is 19.3. The van der Waals surface area contributed by atoms with Crippen molar-refractivity contribution in [3.05, 3.63) is 84.9 Å². The van der Waals surface area contributed by atoms with Crippen molar-refractivity contribution in [2.24, 2.45) is 17.8 Å². The predicted octanol–water partition coefficient (Wildman–Crippen LogP) is 12.7. The Morgan fingerprint density at radius 1 is 0.540 bits per heavy atom. The third-order valence-electron chi connectivity index (χ3n) is 10.7. The molecule has 2 saturated carbocycles. The van der Waals surface area contributed by atoms with Gasteiger partial charge in [-0.3, -0.25) is 0 Å². The minimum atomic E-state index is -3.20. The number of rotatable bonds is 8. The number of alkyl halides is 4. The first kappa shape index (κ1) is 32.9. The minimum Gasteiger partial charge on any atom is -0.432 e. The number of nitrogens with zero attached hydrogens (tertiary/aromatic N) is 2. The van der Waals surface area contributed by atoms with Gasteiger partial charge in [0.05, 0.1) is 23.6 Å². The lowest BCUT2D eigenvalue weighted by Gasteiger charge is -2.32. The van der Waals surface area contributed by atoms with Gasteiger partial charge in [0.25, 0.3) is 0 Å². The molecule has 0 unspecified atom stereocenters. The molecule has 50 heavy (non-hydrogen) atoms. The smallest absolute Gasteiger partial charge is 0.400 e. The largest absolute Gasteiger partial charge is 0.432 e. The number of hydrogen-bond acceptors (Lipinski definition) is 5. The van der Waals surface area contributed by atoms with Crippen LogP contribution in [-0.2, 0) is 0 Å². The fraction of sp³-hybridized carbons (Fsp3) is 0.366. The molecule has 0 spiro atoms. The third kappa shape index (κ3) is 6.52. The molecule has 0 radical (unpaired) electrons. The van der Waals surface area contributed by atoms with Gasteiger partial charge >= 0.3 is 12.2 Å². The SMILES string of the molecule is C[C@H]1CC[C@H](C(F)(F)Oc2ccc3cc(-c4ccc(-c5ccc6cc(OC(F)(F)C7CCCCC7)ccc6c5)c5nsnc45)ccc3c2)CC1. The zero-order valence-corrected chi connectivity index (χ0v) is 28.6. The van der Waals surface area contributed by atoms with Gasteiger partial charge < -0.3 is 9.47 Å². The summed E-state index contributed by atoms with van der Waals surface area (Å²) < 4.78 is 79.7. The standard InChI is InChI=1S/C41H38F4N2O2S/c1-25-7-15-33(16-8-25)41(44,45)49-35-18-14-27-22-31(12-10-29(27)24-35)37-20-19-36(38-39(37)47-50-46-38)30-11-9-28-23-34(17-13-26(28)21-30)48-40(42,43)32-5-3-2-4-6-32/h9-14,17-25,32-33H,2-8,15-16H2,1H3/t25-,33-. The molecule has 1 heterocycles. The Balaban J connectivity index is 1.03. The van der Waals surface area contributed by atoms with Crippen LogP contribution in [0.1, 0.15) is 64.7 Å². The van der Waals surface area contributed by atoms with E-state index in [4.69, 9.17) is 9.47 Å².